The zero-order valence-electron chi connectivity index (χ0n) is 25.5. The summed E-state index contributed by atoms with van der Waals surface area (Å²) in [4.78, 5) is 24.7. The average Bonchev–Trinajstić information content (AvgIpc) is 3.51. The lowest BCUT2D eigenvalue weighted by atomic mass is 10.0. The van der Waals surface area contributed by atoms with Gasteiger partial charge in [-0.05, 0) is 56.4 Å². The molecule has 9 nitrogen and oxygen atoms in total. The second-order valence-electron chi connectivity index (χ2n) is 10.6. The van der Waals surface area contributed by atoms with Gasteiger partial charge >= 0.3 is 6.09 Å². The van der Waals surface area contributed by atoms with Crippen LogP contribution in [0.5, 0.6) is 11.5 Å². The van der Waals surface area contributed by atoms with E-state index in [1.54, 1.807) is 41.7 Å². The van der Waals surface area contributed by atoms with Crippen LogP contribution < -0.4 is 14.8 Å². The SMILES string of the molecule is CCCCN(CCCC)SN(C)C(=O)Oc1cccc2c1OC(C)(C)C2.N#Cc1ccccc1NC(=O)c1snc(Cl)c1Cl. The van der Waals surface area contributed by atoms with Crippen molar-refractivity contribution in [1.29, 1.82) is 5.26 Å². The lowest BCUT2D eigenvalue weighted by molar-refractivity contribution is 0.103. The smallest absolute Gasteiger partial charge is 0.426 e. The van der Waals surface area contributed by atoms with E-state index in [-0.39, 0.29) is 26.7 Å². The topological polar surface area (TPSA) is 108 Å². The molecule has 4 rings (SSSR count). The fraction of sp³-hybridized carbons (Fsp3) is 0.419. The fourth-order valence-corrected chi connectivity index (χ4v) is 6.15. The molecule has 0 saturated heterocycles. The van der Waals surface area contributed by atoms with Gasteiger partial charge in [0, 0.05) is 44.3 Å². The minimum atomic E-state index is -0.438. The van der Waals surface area contributed by atoms with E-state index < -0.39 is 5.91 Å². The molecule has 1 aromatic heterocycles. The van der Waals surface area contributed by atoms with Gasteiger partial charge in [0.15, 0.2) is 16.7 Å². The molecule has 1 aliphatic heterocycles. The van der Waals surface area contributed by atoms with Crippen molar-refractivity contribution in [2.24, 2.45) is 0 Å². The number of ether oxygens (including phenoxy) is 2. The molecule has 0 bridgehead atoms. The molecule has 0 spiro atoms. The lowest BCUT2D eigenvalue weighted by Crippen LogP contribution is -2.30. The minimum Gasteiger partial charge on any atom is -0.483 e. The minimum absolute atomic E-state index is 0.0976. The molecule has 1 aliphatic rings. The van der Waals surface area contributed by atoms with Gasteiger partial charge in [-0.15, -0.1) is 0 Å². The maximum atomic E-state index is 12.6. The molecule has 0 saturated carbocycles. The first-order valence-electron chi connectivity index (χ1n) is 14.3. The summed E-state index contributed by atoms with van der Waals surface area (Å²) < 4.78 is 19.2. The second-order valence-corrected chi connectivity index (χ2v) is 13.3. The predicted molar refractivity (Wildman–Crippen MR) is 179 cm³/mol. The Morgan fingerprint density at radius 2 is 1.82 bits per heavy atom. The van der Waals surface area contributed by atoms with Crippen LogP contribution in [0.1, 0.15) is 74.2 Å². The molecular formula is C31H37Cl2N5O4S2. The highest BCUT2D eigenvalue weighted by atomic mass is 35.5. The van der Waals surface area contributed by atoms with Gasteiger partial charge in [0.1, 0.15) is 21.6 Å². The zero-order valence-corrected chi connectivity index (χ0v) is 28.6. The molecule has 2 heterocycles. The molecule has 236 valence electrons. The molecule has 0 radical (unpaired) electrons. The average molecular weight is 679 g/mol. The van der Waals surface area contributed by atoms with Crippen LogP contribution in [0, 0.1) is 11.3 Å². The number of para-hydroxylation sites is 2. The Kier molecular flexibility index (Phi) is 13.6. The first kappa shape index (κ1) is 35.5. The van der Waals surface area contributed by atoms with E-state index in [0.29, 0.717) is 22.7 Å². The number of carbonyl (C=O) groups is 2. The van der Waals surface area contributed by atoms with Crippen LogP contribution >= 0.6 is 46.9 Å². The molecular weight excluding hydrogens is 641 g/mol. The molecule has 2 aromatic carbocycles. The van der Waals surface area contributed by atoms with Crippen LogP contribution in [0.2, 0.25) is 10.2 Å². The van der Waals surface area contributed by atoms with Crippen LogP contribution in [-0.4, -0.2) is 50.7 Å². The number of fused-ring (bicyclic) bond motifs is 1. The molecule has 2 amide bonds. The standard InChI is InChI=1S/C20H32N2O3S.C11H5Cl2N3OS/c1-6-8-13-22(14-9-7-2)26-21(5)19(23)24-17-12-10-11-16-15-20(3,4)25-18(16)17;12-8-9(18-16-10(8)13)11(17)15-7-4-2-1-3-6(7)5-14/h10-12H,6-9,13-15H2,1-5H3;1-4H,(H,15,17). The molecule has 13 heteroatoms. The van der Waals surface area contributed by atoms with Gasteiger partial charge in [-0.1, -0.05) is 74.2 Å². The van der Waals surface area contributed by atoms with Crippen LogP contribution in [0.3, 0.4) is 0 Å². The quantitative estimate of drug-likeness (QED) is 0.201. The second kappa shape index (κ2) is 16.9. The van der Waals surface area contributed by atoms with Crippen LogP contribution in [-0.2, 0) is 6.42 Å². The summed E-state index contributed by atoms with van der Waals surface area (Å²) in [6.45, 7) is 10.4. The Morgan fingerprint density at radius 1 is 1.14 bits per heavy atom. The van der Waals surface area contributed by atoms with Crippen LogP contribution in [0.4, 0.5) is 10.5 Å². The summed E-state index contributed by atoms with van der Waals surface area (Å²) in [6, 6.07) is 14.4. The Morgan fingerprint density at radius 3 is 2.43 bits per heavy atom. The number of benzene rings is 2. The highest BCUT2D eigenvalue weighted by Gasteiger charge is 2.33. The van der Waals surface area contributed by atoms with E-state index in [9.17, 15) is 9.59 Å². The van der Waals surface area contributed by atoms with Crippen LogP contribution in [0.15, 0.2) is 42.5 Å². The zero-order chi connectivity index (χ0) is 32.3. The number of hydrogen-bond acceptors (Lipinski definition) is 9. The third kappa shape index (κ3) is 10.0. The van der Waals surface area contributed by atoms with E-state index in [1.807, 2.05) is 32.0 Å². The number of unbranched alkanes of at least 4 members (excludes halogenated alkanes) is 2. The normalized spacial score (nSPS) is 12.8. The summed E-state index contributed by atoms with van der Waals surface area (Å²) in [5.41, 5.74) is 1.62. The predicted octanol–water partition coefficient (Wildman–Crippen LogP) is 8.87. The highest BCUT2D eigenvalue weighted by Crippen LogP contribution is 2.42. The first-order valence-corrected chi connectivity index (χ1v) is 16.6. The number of anilines is 1. The number of rotatable bonds is 11. The Bertz CT molecular complexity index is 1470. The molecule has 0 aliphatic carbocycles. The van der Waals surface area contributed by atoms with E-state index in [0.717, 1.165) is 62.3 Å². The summed E-state index contributed by atoms with van der Waals surface area (Å²) in [5.74, 6) is 0.754. The van der Waals surface area contributed by atoms with Gasteiger partial charge < -0.3 is 14.8 Å². The first-order chi connectivity index (χ1) is 21.0. The van der Waals surface area contributed by atoms with Crippen molar-refractivity contribution in [3.63, 3.8) is 0 Å². The number of nitrogens with zero attached hydrogens (tertiary/aromatic N) is 4. The maximum absolute atomic E-state index is 12.6. The van der Waals surface area contributed by atoms with Gasteiger partial charge in [-0.3, -0.25) is 4.79 Å². The largest absolute Gasteiger partial charge is 0.483 e. The number of amides is 2. The summed E-state index contributed by atoms with van der Waals surface area (Å²) in [7, 11) is 1.76. The number of carbonyl (C=O) groups excluding carboxylic acids is 2. The van der Waals surface area contributed by atoms with Crippen molar-refractivity contribution in [1.82, 2.24) is 13.0 Å². The molecule has 44 heavy (non-hydrogen) atoms. The Balaban J connectivity index is 0.000000257. The number of nitriles is 1. The summed E-state index contributed by atoms with van der Waals surface area (Å²) in [5, 5.41) is 11.7. The van der Waals surface area contributed by atoms with Gasteiger partial charge in [0.2, 0.25) is 0 Å². The number of nitrogens with one attached hydrogen (secondary N) is 1. The molecule has 1 N–H and O–H groups in total. The third-order valence-electron chi connectivity index (χ3n) is 6.37. The fourth-order valence-electron chi connectivity index (χ4n) is 4.16. The van der Waals surface area contributed by atoms with Gasteiger partial charge in [-0.25, -0.2) is 13.4 Å². The maximum Gasteiger partial charge on any atom is 0.426 e. The lowest BCUT2D eigenvalue weighted by Gasteiger charge is -2.25. The van der Waals surface area contributed by atoms with Crippen molar-refractivity contribution in [3.05, 3.63) is 68.6 Å². The summed E-state index contributed by atoms with van der Waals surface area (Å²) >= 11 is 13.8. The molecule has 0 unspecified atom stereocenters. The van der Waals surface area contributed by atoms with Gasteiger partial charge in [0.25, 0.3) is 5.91 Å². The number of aromatic nitrogens is 1. The van der Waals surface area contributed by atoms with Crippen molar-refractivity contribution >= 4 is 64.6 Å². The Labute approximate surface area is 277 Å². The van der Waals surface area contributed by atoms with E-state index in [4.69, 9.17) is 37.9 Å². The monoisotopic (exact) mass is 677 g/mol. The van der Waals surface area contributed by atoms with Crippen molar-refractivity contribution in [2.45, 2.75) is 65.4 Å². The van der Waals surface area contributed by atoms with E-state index in [2.05, 4.69) is 27.8 Å². The highest BCUT2D eigenvalue weighted by molar-refractivity contribution is 7.95. The van der Waals surface area contributed by atoms with Crippen molar-refractivity contribution in [3.8, 4) is 17.6 Å². The van der Waals surface area contributed by atoms with Gasteiger partial charge in [-0.2, -0.15) is 9.64 Å². The molecule has 0 atom stereocenters. The Hall–Kier alpha value is -3.01. The molecule has 3 aromatic rings. The van der Waals surface area contributed by atoms with Crippen molar-refractivity contribution in [2.75, 3.05) is 25.5 Å². The van der Waals surface area contributed by atoms with Crippen LogP contribution in [0.25, 0.3) is 0 Å². The number of hydrogen-bond donors (Lipinski definition) is 1. The van der Waals surface area contributed by atoms with E-state index in [1.165, 1.54) is 12.1 Å². The third-order valence-corrected chi connectivity index (χ3v) is 9.16. The van der Waals surface area contributed by atoms with Crippen molar-refractivity contribution < 1.29 is 19.1 Å². The summed E-state index contributed by atoms with van der Waals surface area (Å²) in [6.07, 6.45) is 4.96. The number of halogens is 2. The molecule has 0 fully saturated rings. The van der Waals surface area contributed by atoms with E-state index >= 15 is 0 Å². The van der Waals surface area contributed by atoms with Gasteiger partial charge in [0.05, 0.1) is 11.3 Å².